The molecule has 1 aliphatic rings. The fraction of sp³-hybridized carbons (Fsp3) is 0.316. The molecule has 3 rings (SSSR count). The fourth-order valence-corrected chi connectivity index (χ4v) is 4.83. The lowest BCUT2D eigenvalue weighted by atomic mass is 10.0. The SMILES string of the molecule is CCOC(=O)N1CCc2c(sc(NC(=O)/C=C/c3ccc(C)s3)c2C#N)C1. The van der Waals surface area contributed by atoms with Gasteiger partial charge in [0.15, 0.2) is 0 Å². The van der Waals surface area contributed by atoms with Crippen LogP contribution in [0.2, 0.25) is 0 Å². The van der Waals surface area contributed by atoms with Crippen molar-refractivity contribution in [1.29, 1.82) is 5.26 Å². The number of carbonyl (C=O) groups is 2. The number of carbonyl (C=O) groups excluding carboxylic acids is 2. The summed E-state index contributed by atoms with van der Waals surface area (Å²) >= 11 is 2.95. The van der Waals surface area contributed by atoms with E-state index in [4.69, 9.17) is 4.74 Å². The quantitative estimate of drug-likeness (QED) is 0.780. The van der Waals surface area contributed by atoms with Gasteiger partial charge in [-0.1, -0.05) is 0 Å². The molecular weight excluding hydrogens is 382 g/mol. The van der Waals surface area contributed by atoms with E-state index in [9.17, 15) is 14.9 Å². The van der Waals surface area contributed by atoms with Crippen LogP contribution in [0, 0.1) is 18.3 Å². The normalized spacial score (nSPS) is 13.3. The number of thiophene rings is 2. The molecule has 0 saturated carbocycles. The van der Waals surface area contributed by atoms with Gasteiger partial charge in [-0.2, -0.15) is 5.26 Å². The molecule has 1 N–H and O–H groups in total. The predicted molar refractivity (Wildman–Crippen MR) is 107 cm³/mol. The van der Waals surface area contributed by atoms with Crippen molar-refractivity contribution in [3.8, 4) is 6.07 Å². The number of amides is 2. The van der Waals surface area contributed by atoms with E-state index < -0.39 is 0 Å². The highest BCUT2D eigenvalue weighted by Gasteiger charge is 2.27. The molecule has 0 unspecified atom stereocenters. The van der Waals surface area contributed by atoms with E-state index in [1.165, 1.54) is 22.3 Å². The van der Waals surface area contributed by atoms with Gasteiger partial charge in [-0.05, 0) is 44.0 Å². The van der Waals surface area contributed by atoms with Crippen LogP contribution in [0.4, 0.5) is 9.80 Å². The molecule has 0 radical (unpaired) electrons. The minimum Gasteiger partial charge on any atom is -0.450 e. The molecule has 1 aliphatic heterocycles. The van der Waals surface area contributed by atoms with Crippen LogP contribution in [0.3, 0.4) is 0 Å². The Labute approximate surface area is 165 Å². The second kappa shape index (κ2) is 8.37. The number of rotatable bonds is 4. The number of anilines is 1. The van der Waals surface area contributed by atoms with Crippen molar-refractivity contribution < 1.29 is 14.3 Å². The Hall–Kier alpha value is -2.63. The maximum absolute atomic E-state index is 12.3. The average molecular weight is 402 g/mol. The number of hydrogen-bond donors (Lipinski definition) is 1. The van der Waals surface area contributed by atoms with Gasteiger partial charge in [0.2, 0.25) is 5.91 Å². The van der Waals surface area contributed by atoms with Crippen LogP contribution in [0.25, 0.3) is 6.08 Å². The highest BCUT2D eigenvalue weighted by Crippen LogP contribution is 2.36. The van der Waals surface area contributed by atoms with Crippen LogP contribution in [0.1, 0.15) is 32.7 Å². The van der Waals surface area contributed by atoms with E-state index in [-0.39, 0.29) is 12.0 Å². The van der Waals surface area contributed by atoms with Gasteiger partial charge in [0.25, 0.3) is 0 Å². The highest BCUT2D eigenvalue weighted by atomic mass is 32.1. The van der Waals surface area contributed by atoms with Gasteiger partial charge < -0.3 is 15.0 Å². The topological polar surface area (TPSA) is 82.4 Å². The third kappa shape index (κ3) is 4.38. The first kappa shape index (κ1) is 19.1. The van der Waals surface area contributed by atoms with E-state index >= 15 is 0 Å². The van der Waals surface area contributed by atoms with Crippen LogP contribution >= 0.6 is 22.7 Å². The maximum Gasteiger partial charge on any atom is 0.410 e. The molecule has 140 valence electrons. The monoisotopic (exact) mass is 401 g/mol. The second-order valence-electron chi connectivity index (χ2n) is 5.96. The highest BCUT2D eigenvalue weighted by molar-refractivity contribution is 7.16. The number of hydrogen-bond acceptors (Lipinski definition) is 6. The number of ether oxygens (including phenoxy) is 1. The summed E-state index contributed by atoms with van der Waals surface area (Å²) in [4.78, 5) is 28.9. The van der Waals surface area contributed by atoms with Gasteiger partial charge in [-0.3, -0.25) is 4.79 Å². The smallest absolute Gasteiger partial charge is 0.410 e. The zero-order valence-electron chi connectivity index (χ0n) is 15.1. The van der Waals surface area contributed by atoms with Crippen molar-refractivity contribution in [3.63, 3.8) is 0 Å². The average Bonchev–Trinajstić information content (AvgIpc) is 3.22. The largest absolute Gasteiger partial charge is 0.450 e. The first-order valence-electron chi connectivity index (χ1n) is 8.53. The van der Waals surface area contributed by atoms with E-state index in [0.29, 0.717) is 36.7 Å². The Balaban J connectivity index is 1.73. The zero-order chi connectivity index (χ0) is 19.4. The van der Waals surface area contributed by atoms with Crippen LogP contribution in [-0.4, -0.2) is 30.1 Å². The summed E-state index contributed by atoms with van der Waals surface area (Å²) in [6, 6.07) is 6.15. The Kier molecular flexibility index (Phi) is 5.94. The summed E-state index contributed by atoms with van der Waals surface area (Å²) < 4.78 is 5.05. The molecule has 2 aromatic rings. The number of nitrogens with zero attached hydrogens (tertiary/aromatic N) is 2. The third-order valence-corrected chi connectivity index (χ3v) is 6.19. The summed E-state index contributed by atoms with van der Waals surface area (Å²) in [7, 11) is 0. The summed E-state index contributed by atoms with van der Waals surface area (Å²) in [6.07, 6.45) is 3.45. The van der Waals surface area contributed by atoms with Crippen molar-refractivity contribution in [2.75, 3.05) is 18.5 Å². The standard InChI is InChI=1S/C19H19N3O3S2/c1-3-25-19(24)22-9-8-14-15(10-20)18(27-16(14)11-22)21-17(23)7-6-13-5-4-12(2)26-13/h4-7H,3,8-9,11H2,1-2H3,(H,21,23)/b7-6+. The Morgan fingerprint density at radius 2 is 2.22 bits per heavy atom. The van der Waals surface area contributed by atoms with E-state index in [1.54, 1.807) is 29.2 Å². The van der Waals surface area contributed by atoms with Crippen molar-refractivity contribution >= 4 is 45.8 Å². The summed E-state index contributed by atoms with van der Waals surface area (Å²) in [5, 5.41) is 12.9. The van der Waals surface area contributed by atoms with Crippen LogP contribution in [-0.2, 0) is 22.5 Å². The van der Waals surface area contributed by atoms with Crippen LogP contribution < -0.4 is 5.32 Å². The molecule has 3 heterocycles. The molecular formula is C19H19N3O3S2. The summed E-state index contributed by atoms with van der Waals surface area (Å²) in [6.45, 7) is 5.01. The van der Waals surface area contributed by atoms with Gasteiger partial charge >= 0.3 is 6.09 Å². The van der Waals surface area contributed by atoms with Crippen molar-refractivity contribution in [2.24, 2.45) is 0 Å². The molecule has 8 heteroatoms. The lowest BCUT2D eigenvalue weighted by Crippen LogP contribution is -2.35. The minimum atomic E-state index is -0.352. The van der Waals surface area contributed by atoms with Gasteiger partial charge in [0.1, 0.15) is 11.1 Å². The van der Waals surface area contributed by atoms with E-state index in [2.05, 4.69) is 11.4 Å². The Morgan fingerprint density at radius 3 is 2.89 bits per heavy atom. The van der Waals surface area contributed by atoms with Gasteiger partial charge in [0, 0.05) is 27.3 Å². The maximum atomic E-state index is 12.3. The molecule has 2 aromatic heterocycles. The number of nitriles is 1. The van der Waals surface area contributed by atoms with Gasteiger partial charge in [-0.25, -0.2) is 4.79 Å². The van der Waals surface area contributed by atoms with E-state index in [0.717, 1.165) is 15.3 Å². The first-order valence-corrected chi connectivity index (χ1v) is 10.2. The Bertz CT molecular complexity index is 937. The third-order valence-electron chi connectivity index (χ3n) is 4.09. The molecule has 0 saturated heterocycles. The molecule has 0 fully saturated rings. The zero-order valence-corrected chi connectivity index (χ0v) is 16.7. The molecule has 0 bridgehead atoms. The molecule has 0 spiro atoms. The fourth-order valence-electron chi connectivity index (χ4n) is 2.83. The summed E-state index contributed by atoms with van der Waals surface area (Å²) in [5.74, 6) is -0.279. The molecule has 0 aliphatic carbocycles. The van der Waals surface area contributed by atoms with Crippen LogP contribution in [0.15, 0.2) is 18.2 Å². The lowest BCUT2D eigenvalue weighted by molar-refractivity contribution is -0.111. The molecule has 0 aromatic carbocycles. The molecule has 2 amide bonds. The Morgan fingerprint density at radius 1 is 1.41 bits per heavy atom. The predicted octanol–water partition coefficient (Wildman–Crippen LogP) is 4.16. The van der Waals surface area contributed by atoms with Crippen molar-refractivity contribution in [3.05, 3.63) is 44.0 Å². The molecule has 0 atom stereocenters. The second-order valence-corrected chi connectivity index (χ2v) is 8.39. The molecule has 6 nitrogen and oxygen atoms in total. The van der Waals surface area contributed by atoms with Crippen molar-refractivity contribution in [2.45, 2.75) is 26.8 Å². The van der Waals surface area contributed by atoms with Gasteiger partial charge in [0.05, 0.1) is 18.7 Å². The minimum absolute atomic E-state index is 0.279. The number of fused-ring (bicyclic) bond motifs is 1. The molecule has 27 heavy (non-hydrogen) atoms. The van der Waals surface area contributed by atoms with Crippen LogP contribution in [0.5, 0.6) is 0 Å². The first-order chi connectivity index (χ1) is 13.0. The van der Waals surface area contributed by atoms with Crippen molar-refractivity contribution in [1.82, 2.24) is 4.90 Å². The summed E-state index contributed by atoms with van der Waals surface area (Å²) in [5.41, 5.74) is 1.41. The lowest BCUT2D eigenvalue weighted by Gasteiger charge is -2.25. The number of aryl methyl sites for hydroxylation is 1. The van der Waals surface area contributed by atoms with E-state index in [1.807, 2.05) is 19.1 Å². The number of nitrogens with one attached hydrogen (secondary N) is 1. The van der Waals surface area contributed by atoms with Gasteiger partial charge in [-0.15, -0.1) is 22.7 Å².